The number of carboxylic acid groups (broad SMARTS) is 1. The van der Waals surface area contributed by atoms with Crippen LogP contribution in [0.4, 0.5) is 0 Å². The van der Waals surface area contributed by atoms with Crippen LogP contribution < -0.4 is 0 Å². The molecule has 1 aliphatic heterocycles. The highest BCUT2D eigenvalue weighted by atomic mass is 16.5. The Kier molecular flexibility index (Phi) is 4.28. The fourth-order valence-electron chi connectivity index (χ4n) is 2.16. The first kappa shape index (κ1) is 13.0. The van der Waals surface area contributed by atoms with E-state index in [1.807, 2.05) is 0 Å². The summed E-state index contributed by atoms with van der Waals surface area (Å²) in [6, 6.07) is 3.90. The van der Waals surface area contributed by atoms with Gasteiger partial charge in [-0.05, 0) is 32.0 Å². The molecule has 0 bridgehead atoms. The zero-order valence-electron chi connectivity index (χ0n) is 10.5. The number of aromatic nitrogens is 1. The van der Waals surface area contributed by atoms with Gasteiger partial charge in [-0.3, -0.25) is 9.88 Å². The van der Waals surface area contributed by atoms with Gasteiger partial charge in [0, 0.05) is 32.0 Å². The minimum absolute atomic E-state index is 0.229. The molecule has 1 aromatic rings. The molecule has 1 aromatic heterocycles. The lowest BCUT2D eigenvalue weighted by molar-refractivity contribution is 0.0403. The van der Waals surface area contributed by atoms with Crippen molar-refractivity contribution in [1.82, 2.24) is 9.88 Å². The van der Waals surface area contributed by atoms with E-state index in [0.29, 0.717) is 6.04 Å². The fourth-order valence-corrected chi connectivity index (χ4v) is 2.16. The number of nitrogens with zero attached hydrogens (tertiary/aromatic N) is 2. The Hall–Kier alpha value is -1.46. The summed E-state index contributed by atoms with van der Waals surface area (Å²) in [5.41, 5.74) is 1.13. The van der Waals surface area contributed by atoms with Crippen LogP contribution in [0.3, 0.4) is 0 Å². The first-order valence-corrected chi connectivity index (χ1v) is 6.13. The first-order valence-electron chi connectivity index (χ1n) is 6.13. The predicted octanol–water partition coefficient (Wildman–Crippen LogP) is 1.39. The third kappa shape index (κ3) is 3.27. The lowest BCUT2D eigenvalue weighted by Crippen LogP contribution is -2.36. The van der Waals surface area contributed by atoms with E-state index in [-0.39, 0.29) is 5.56 Å². The molecule has 0 aliphatic carbocycles. The van der Waals surface area contributed by atoms with Crippen LogP contribution in [0.25, 0.3) is 0 Å². The standard InChI is InChI=1S/C13H18N2O3/c1-15(12-4-6-18-7-5-12)9-11-3-2-10(8-14-11)13(16)17/h2-3,8,12H,4-7,9H2,1H3,(H,16,17). The van der Waals surface area contributed by atoms with E-state index in [4.69, 9.17) is 9.84 Å². The lowest BCUT2D eigenvalue weighted by atomic mass is 10.1. The van der Waals surface area contributed by atoms with Crippen LogP contribution in [0.5, 0.6) is 0 Å². The number of rotatable bonds is 4. The molecule has 1 saturated heterocycles. The molecule has 0 radical (unpaired) electrons. The van der Waals surface area contributed by atoms with Gasteiger partial charge in [-0.1, -0.05) is 0 Å². The Labute approximate surface area is 106 Å². The van der Waals surface area contributed by atoms with Crippen LogP contribution in [0.2, 0.25) is 0 Å². The molecule has 5 nitrogen and oxygen atoms in total. The van der Waals surface area contributed by atoms with E-state index < -0.39 is 5.97 Å². The van der Waals surface area contributed by atoms with E-state index >= 15 is 0 Å². The molecule has 0 spiro atoms. The molecule has 2 rings (SSSR count). The third-order valence-electron chi connectivity index (χ3n) is 3.30. The Morgan fingerprint density at radius 1 is 1.50 bits per heavy atom. The van der Waals surface area contributed by atoms with Crippen LogP contribution in [-0.4, -0.2) is 47.3 Å². The van der Waals surface area contributed by atoms with Gasteiger partial charge in [0.15, 0.2) is 0 Å². The van der Waals surface area contributed by atoms with Gasteiger partial charge in [0.2, 0.25) is 0 Å². The minimum Gasteiger partial charge on any atom is -0.478 e. The number of carbonyl (C=O) groups is 1. The minimum atomic E-state index is -0.938. The third-order valence-corrected chi connectivity index (χ3v) is 3.30. The smallest absolute Gasteiger partial charge is 0.337 e. The maximum atomic E-state index is 10.7. The summed E-state index contributed by atoms with van der Waals surface area (Å²) < 4.78 is 5.33. The van der Waals surface area contributed by atoms with Crippen molar-refractivity contribution in [2.45, 2.75) is 25.4 Å². The second-order valence-corrected chi connectivity index (χ2v) is 4.60. The molecule has 0 aromatic carbocycles. The summed E-state index contributed by atoms with van der Waals surface area (Å²) in [7, 11) is 2.07. The molecular weight excluding hydrogens is 232 g/mol. The van der Waals surface area contributed by atoms with E-state index in [1.54, 1.807) is 12.1 Å². The average molecular weight is 250 g/mol. The largest absolute Gasteiger partial charge is 0.478 e. The van der Waals surface area contributed by atoms with Gasteiger partial charge in [0.25, 0.3) is 0 Å². The van der Waals surface area contributed by atoms with E-state index in [2.05, 4.69) is 16.9 Å². The molecule has 1 fully saturated rings. The van der Waals surface area contributed by atoms with Crippen molar-refractivity contribution in [3.63, 3.8) is 0 Å². The first-order chi connectivity index (χ1) is 8.66. The van der Waals surface area contributed by atoms with Crippen molar-refractivity contribution in [2.24, 2.45) is 0 Å². The van der Waals surface area contributed by atoms with Crippen molar-refractivity contribution in [3.8, 4) is 0 Å². The topological polar surface area (TPSA) is 62.7 Å². The second-order valence-electron chi connectivity index (χ2n) is 4.60. The summed E-state index contributed by atoms with van der Waals surface area (Å²) in [5, 5.41) is 8.80. The average Bonchev–Trinajstić information content (AvgIpc) is 2.40. The molecule has 0 saturated carbocycles. The second kappa shape index (κ2) is 5.93. The van der Waals surface area contributed by atoms with Crippen LogP contribution in [0.15, 0.2) is 18.3 Å². The van der Waals surface area contributed by atoms with Crippen LogP contribution in [-0.2, 0) is 11.3 Å². The molecule has 0 amide bonds. The number of aromatic carboxylic acids is 1. The summed E-state index contributed by atoms with van der Waals surface area (Å²) in [6.07, 6.45) is 3.50. The number of carboxylic acids is 1. The Balaban J connectivity index is 1.93. The quantitative estimate of drug-likeness (QED) is 0.875. The lowest BCUT2D eigenvalue weighted by Gasteiger charge is -2.30. The summed E-state index contributed by atoms with van der Waals surface area (Å²) in [4.78, 5) is 17.2. The maximum Gasteiger partial charge on any atom is 0.337 e. The molecule has 98 valence electrons. The fraction of sp³-hybridized carbons (Fsp3) is 0.538. The van der Waals surface area contributed by atoms with E-state index in [9.17, 15) is 4.79 Å². The zero-order chi connectivity index (χ0) is 13.0. The maximum absolute atomic E-state index is 10.7. The van der Waals surface area contributed by atoms with Gasteiger partial charge in [0.1, 0.15) is 0 Å². The van der Waals surface area contributed by atoms with Gasteiger partial charge < -0.3 is 9.84 Å². The normalized spacial score (nSPS) is 17.0. The SMILES string of the molecule is CN(Cc1ccc(C(=O)O)cn1)C1CCOCC1. The van der Waals surface area contributed by atoms with Gasteiger partial charge in [-0.2, -0.15) is 0 Å². The molecule has 1 N–H and O–H groups in total. The van der Waals surface area contributed by atoms with Crippen molar-refractivity contribution < 1.29 is 14.6 Å². The van der Waals surface area contributed by atoms with Gasteiger partial charge in [-0.25, -0.2) is 4.79 Å². The highest BCUT2D eigenvalue weighted by Crippen LogP contribution is 2.15. The van der Waals surface area contributed by atoms with Gasteiger partial charge >= 0.3 is 5.97 Å². The Morgan fingerprint density at radius 2 is 2.22 bits per heavy atom. The Bertz CT molecular complexity index is 399. The predicted molar refractivity (Wildman–Crippen MR) is 66.5 cm³/mol. The Morgan fingerprint density at radius 3 is 2.78 bits per heavy atom. The summed E-state index contributed by atoms with van der Waals surface area (Å²) in [6.45, 7) is 2.38. The van der Waals surface area contributed by atoms with Crippen LogP contribution in [0, 0.1) is 0 Å². The molecule has 5 heteroatoms. The number of ether oxygens (including phenoxy) is 1. The van der Waals surface area contributed by atoms with Crippen molar-refractivity contribution in [2.75, 3.05) is 20.3 Å². The van der Waals surface area contributed by atoms with Crippen molar-refractivity contribution >= 4 is 5.97 Å². The highest BCUT2D eigenvalue weighted by Gasteiger charge is 2.18. The number of hydrogen-bond acceptors (Lipinski definition) is 4. The molecule has 1 aliphatic rings. The zero-order valence-corrected chi connectivity index (χ0v) is 10.5. The molecule has 0 unspecified atom stereocenters. The van der Waals surface area contributed by atoms with Crippen molar-refractivity contribution in [1.29, 1.82) is 0 Å². The molecular formula is C13H18N2O3. The summed E-state index contributed by atoms with van der Waals surface area (Å²) in [5.74, 6) is -0.938. The van der Waals surface area contributed by atoms with Crippen LogP contribution >= 0.6 is 0 Å². The highest BCUT2D eigenvalue weighted by molar-refractivity contribution is 5.87. The monoisotopic (exact) mass is 250 g/mol. The molecule has 0 atom stereocenters. The van der Waals surface area contributed by atoms with Crippen molar-refractivity contribution in [3.05, 3.63) is 29.6 Å². The van der Waals surface area contributed by atoms with Gasteiger partial charge in [0.05, 0.1) is 11.3 Å². The van der Waals surface area contributed by atoms with E-state index in [0.717, 1.165) is 38.3 Å². The molecule has 18 heavy (non-hydrogen) atoms. The van der Waals surface area contributed by atoms with E-state index in [1.165, 1.54) is 6.20 Å². The van der Waals surface area contributed by atoms with Gasteiger partial charge in [-0.15, -0.1) is 0 Å². The number of pyridine rings is 1. The molecule has 2 heterocycles. The van der Waals surface area contributed by atoms with Crippen LogP contribution in [0.1, 0.15) is 28.9 Å². The summed E-state index contributed by atoms with van der Waals surface area (Å²) >= 11 is 0. The number of hydrogen-bond donors (Lipinski definition) is 1.